The number of benzene rings is 1. The van der Waals surface area contributed by atoms with Gasteiger partial charge in [0.25, 0.3) is 0 Å². The summed E-state index contributed by atoms with van der Waals surface area (Å²) in [4.78, 5) is 21.4. The molecule has 0 aliphatic rings. The molecule has 1 aromatic heterocycles. The Bertz CT molecular complexity index is 730. The number of para-hydroxylation sites is 1. The third-order valence-electron chi connectivity index (χ3n) is 5.13. The number of hydrogen-bond donors (Lipinski definition) is 0. The molecule has 28 heavy (non-hydrogen) atoms. The average molecular weight is 383 g/mol. The van der Waals surface area contributed by atoms with E-state index in [-0.39, 0.29) is 5.97 Å². The number of aryl methyl sites for hydroxylation is 1. The summed E-state index contributed by atoms with van der Waals surface area (Å²) in [5.74, 6) is 1.70. The molecule has 0 fully saturated rings. The zero-order chi connectivity index (χ0) is 20.2. The van der Waals surface area contributed by atoms with E-state index in [1.54, 1.807) is 6.20 Å². The van der Waals surface area contributed by atoms with Gasteiger partial charge in [0.2, 0.25) is 0 Å². The highest BCUT2D eigenvalue weighted by molar-refractivity contribution is 5.76. The van der Waals surface area contributed by atoms with Crippen LogP contribution in [-0.2, 0) is 11.2 Å². The highest BCUT2D eigenvalue weighted by Gasteiger charge is 2.13. The van der Waals surface area contributed by atoms with Crippen molar-refractivity contribution in [3.05, 3.63) is 42.2 Å². The smallest absolute Gasteiger partial charge is 0.311 e. The third-order valence-corrected chi connectivity index (χ3v) is 5.13. The molecule has 2 aromatic rings. The molecule has 152 valence electrons. The van der Waals surface area contributed by atoms with Crippen molar-refractivity contribution in [3.8, 4) is 17.1 Å². The first-order chi connectivity index (χ1) is 13.6. The molecule has 4 heteroatoms. The van der Waals surface area contributed by atoms with Gasteiger partial charge in [-0.2, -0.15) is 0 Å². The fourth-order valence-electron chi connectivity index (χ4n) is 3.10. The average Bonchev–Trinajstić information content (AvgIpc) is 2.72. The minimum absolute atomic E-state index is 0.185. The van der Waals surface area contributed by atoms with Crippen LogP contribution in [0.5, 0.6) is 5.75 Å². The summed E-state index contributed by atoms with van der Waals surface area (Å²) in [6.45, 7) is 6.65. The van der Waals surface area contributed by atoms with Crippen molar-refractivity contribution in [1.29, 1.82) is 0 Å². The van der Waals surface area contributed by atoms with Crippen molar-refractivity contribution in [1.82, 2.24) is 9.97 Å². The normalized spacial score (nSPS) is 12.0. The van der Waals surface area contributed by atoms with Crippen LogP contribution < -0.4 is 4.74 Å². The molecule has 1 atom stereocenters. The van der Waals surface area contributed by atoms with Gasteiger partial charge in [-0.05, 0) is 43.4 Å². The van der Waals surface area contributed by atoms with Crippen LogP contribution in [0.3, 0.4) is 0 Å². The van der Waals surface area contributed by atoms with Crippen molar-refractivity contribution in [3.63, 3.8) is 0 Å². The van der Waals surface area contributed by atoms with E-state index >= 15 is 0 Å². The van der Waals surface area contributed by atoms with E-state index in [0.29, 0.717) is 18.0 Å². The molecule has 0 aliphatic carbocycles. The van der Waals surface area contributed by atoms with Crippen LogP contribution in [0.2, 0.25) is 0 Å². The molecule has 0 aliphatic heterocycles. The van der Waals surface area contributed by atoms with Gasteiger partial charge in [0.1, 0.15) is 5.75 Å². The Morgan fingerprint density at radius 3 is 2.68 bits per heavy atom. The highest BCUT2D eigenvalue weighted by Crippen LogP contribution is 2.28. The van der Waals surface area contributed by atoms with Crippen LogP contribution in [0.15, 0.2) is 36.5 Å². The van der Waals surface area contributed by atoms with Gasteiger partial charge in [-0.3, -0.25) is 4.79 Å². The summed E-state index contributed by atoms with van der Waals surface area (Å²) in [7, 11) is 0. The monoisotopic (exact) mass is 382 g/mol. The number of aromatic nitrogens is 2. The molecular formula is C24H34N2O2. The van der Waals surface area contributed by atoms with Gasteiger partial charge in [0.15, 0.2) is 5.82 Å². The second-order valence-electron chi connectivity index (χ2n) is 7.56. The summed E-state index contributed by atoms with van der Waals surface area (Å²) in [5.41, 5.74) is 1.80. The molecule has 0 amide bonds. The first-order valence-electron chi connectivity index (χ1n) is 10.8. The van der Waals surface area contributed by atoms with E-state index < -0.39 is 0 Å². The summed E-state index contributed by atoms with van der Waals surface area (Å²) in [5, 5.41) is 0. The lowest BCUT2D eigenvalue weighted by Gasteiger charge is -2.11. The summed E-state index contributed by atoms with van der Waals surface area (Å²) >= 11 is 0. The van der Waals surface area contributed by atoms with Crippen molar-refractivity contribution < 1.29 is 9.53 Å². The maximum Gasteiger partial charge on any atom is 0.311 e. The number of esters is 1. The Kier molecular flexibility index (Phi) is 9.67. The highest BCUT2D eigenvalue weighted by atomic mass is 16.5. The van der Waals surface area contributed by atoms with Gasteiger partial charge in [0.05, 0.1) is 5.56 Å². The fraction of sp³-hybridized carbons (Fsp3) is 0.542. The van der Waals surface area contributed by atoms with Crippen LogP contribution in [0.4, 0.5) is 0 Å². The zero-order valence-electron chi connectivity index (χ0n) is 17.6. The standard InChI is InChI=1S/C24H34N2O2/c1-4-6-7-13-20-17-18-25-24(26-20)21-14-9-10-15-22(21)28-23(27)16-11-8-12-19(3)5-2/h9-10,14-15,17-19H,4-8,11-13,16H2,1-3H3. The number of ether oxygens (including phenoxy) is 1. The topological polar surface area (TPSA) is 52.1 Å². The zero-order valence-corrected chi connectivity index (χ0v) is 17.6. The van der Waals surface area contributed by atoms with E-state index in [2.05, 4.69) is 30.7 Å². The number of nitrogens with zero attached hydrogens (tertiary/aromatic N) is 2. The minimum Gasteiger partial charge on any atom is -0.426 e. The largest absolute Gasteiger partial charge is 0.426 e. The minimum atomic E-state index is -0.185. The summed E-state index contributed by atoms with van der Waals surface area (Å²) < 4.78 is 5.65. The maximum absolute atomic E-state index is 12.3. The van der Waals surface area contributed by atoms with Gasteiger partial charge in [-0.1, -0.05) is 65.0 Å². The number of hydrogen-bond acceptors (Lipinski definition) is 4. The summed E-state index contributed by atoms with van der Waals surface area (Å²) in [6.07, 6.45) is 11.0. The molecular weight excluding hydrogens is 348 g/mol. The predicted octanol–water partition coefficient (Wildman–Crippen LogP) is 6.39. The Labute approximate surface area is 169 Å². The molecule has 0 saturated carbocycles. The molecule has 0 N–H and O–H groups in total. The van der Waals surface area contributed by atoms with Gasteiger partial charge < -0.3 is 4.74 Å². The molecule has 1 unspecified atom stereocenters. The van der Waals surface area contributed by atoms with Crippen LogP contribution >= 0.6 is 0 Å². The van der Waals surface area contributed by atoms with Crippen molar-refractivity contribution >= 4 is 5.97 Å². The SMILES string of the molecule is CCCCCc1ccnc(-c2ccccc2OC(=O)CCCCC(C)CC)n1. The second-order valence-corrected chi connectivity index (χ2v) is 7.56. The molecule has 1 heterocycles. The molecule has 0 spiro atoms. The number of rotatable bonds is 12. The van der Waals surface area contributed by atoms with Crippen LogP contribution in [0.25, 0.3) is 11.4 Å². The maximum atomic E-state index is 12.3. The van der Waals surface area contributed by atoms with Gasteiger partial charge >= 0.3 is 5.97 Å². The van der Waals surface area contributed by atoms with Gasteiger partial charge in [-0.25, -0.2) is 9.97 Å². The first kappa shape index (κ1) is 22.1. The van der Waals surface area contributed by atoms with Crippen LogP contribution in [-0.4, -0.2) is 15.9 Å². The third kappa shape index (κ3) is 7.41. The van der Waals surface area contributed by atoms with Crippen molar-refractivity contribution in [2.45, 2.75) is 78.6 Å². The molecule has 4 nitrogen and oxygen atoms in total. The van der Waals surface area contributed by atoms with E-state index in [9.17, 15) is 4.79 Å². The first-order valence-corrected chi connectivity index (χ1v) is 10.8. The quantitative estimate of drug-likeness (QED) is 0.242. The van der Waals surface area contributed by atoms with Crippen LogP contribution in [0, 0.1) is 5.92 Å². The van der Waals surface area contributed by atoms with E-state index in [4.69, 9.17) is 4.74 Å². The molecule has 0 bridgehead atoms. The molecule has 1 aromatic carbocycles. The number of unbranched alkanes of at least 4 members (excludes halogenated alkanes) is 3. The Hall–Kier alpha value is -2.23. The lowest BCUT2D eigenvalue weighted by atomic mass is 10.0. The van der Waals surface area contributed by atoms with E-state index in [1.807, 2.05) is 30.3 Å². The van der Waals surface area contributed by atoms with E-state index in [1.165, 1.54) is 25.7 Å². The number of carbonyl (C=O) groups is 1. The van der Waals surface area contributed by atoms with Gasteiger partial charge in [-0.15, -0.1) is 0 Å². The van der Waals surface area contributed by atoms with E-state index in [0.717, 1.165) is 42.9 Å². The summed E-state index contributed by atoms with van der Waals surface area (Å²) in [6, 6.07) is 9.49. The Morgan fingerprint density at radius 1 is 1.07 bits per heavy atom. The Morgan fingerprint density at radius 2 is 1.89 bits per heavy atom. The second kappa shape index (κ2) is 12.3. The van der Waals surface area contributed by atoms with Gasteiger partial charge in [0, 0.05) is 18.3 Å². The molecule has 2 rings (SSSR count). The van der Waals surface area contributed by atoms with Crippen LogP contribution in [0.1, 0.15) is 77.8 Å². The fourth-order valence-corrected chi connectivity index (χ4v) is 3.10. The number of carbonyl (C=O) groups excluding carboxylic acids is 1. The lowest BCUT2D eigenvalue weighted by Crippen LogP contribution is -2.09. The van der Waals surface area contributed by atoms with Crippen molar-refractivity contribution in [2.75, 3.05) is 0 Å². The van der Waals surface area contributed by atoms with Crippen molar-refractivity contribution in [2.24, 2.45) is 5.92 Å². The molecule has 0 radical (unpaired) electrons. The predicted molar refractivity (Wildman–Crippen MR) is 114 cm³/mol. The molecule has 0 saturated heterocycles. The lowest BCUT2D eigenvalue weighted by molar-refractivity contribution is -0.134. The Balaban J connectivity index is 1.99.